The van der Waals surface area contributed by atoms with Gasteiger partial charge in [0.1, 0.15) is 5.75 Å². The van der Waals surface area contributed by atoms with Crippen molar-refractivity contribution in [3.8, 4) is 5.75 Å². The monoisotopic (exact) mass is 495 g/mol. The van der Waals surface area contributed by atoms with Crippen LogP contribution in [0.25, 0.3) is 0 Å². The molecule has 8 heteroatoms. The van der Waals surface area contributed by atoms with Gasteiger partial charge in [0.15, 0.2) is 0 Å². The summed E-state index contributed by atoms with van der Waals surface area (Å²) in [6.07, 6.45) is 12.5. The highest BCUT2D eigenvalue weighted by molar-refractivity contribution is 8.04. The normalized spacial score (nSPS) is 12.1. The molecule has 2 aromatic carbocycles. The third-order valence-corrected chi connectivity index (χ3v) is 8.99. The second-order valence-electron chi connectivity index (χ2n) is 8.41. The lowest BCUT2D eigenvalue weighted by Crippen LogP contribution is -2.30. The minimum Gasteiger partial charge on any atom is -0.494 e. The van der Waals surface area contributed by atoms with Gasteiger partial charge in [-0.25, -0.2) is 16.8 Å². The van der Waals surface area contributed by atoms with Crippen LogP contribution in [0.15, 0.2) is 58.3 Å². The smallest absolute Gasteiger partial charge is 0.253 e. The Balaban J connectivity index is 1.74. The summed E-state index contributed by atoms with van der Waals surface area (Å²) in [5, 5.41) is 0. The standard InChI is InChI=1S/C25H37NO5S2/c1-3-4-5-6-7-8-9-10-11-12-21-31-23-15-19-25(20-16-23)33(29,30)26-32(27,28)24-17-13-22(2)14-18-24/h13-20,26H,3-12,21H2,1-2H3. The maximum Gasteiger partial charge on any atom is 0.253 e. The van der Waals surface area contributed by atoms with E-state index in [4.69, 9.17) is 4.74 Å². The second-order valence-corrected chi connectivity index (χ2v) is 12.0. The molecular weight excluding hydrogens is 458 g/mol. The number of ether oxygens (including phenoxy) is 1. The van der Waals surface area contributed by atoms with Gasteiger partial charge in [-0.15, -0.1) is 4.13 Å². The van der Waals surface area contributed by atoms with Gasteiger partial charge in [0.25, 0.3) is 20.0 Å². The van der Waals surface area contributed by atoms with E-state index in [-0.39, 0.29) is 9.79 Å². The van der Waals surface area contributed by atoms with Crippen LogP contribution in [0.1, 0.15) is 76.7 Å². The third kappa shape index (κ3) is 9.86. The summed E-state index contributed by atoms with van der Waals surface area (Å²) < 4.78 is 57.4. The Morgan fingerprint density at radius 2 is 1.06 bits per heavy atom. The van der Waals surface area contributed by atoms with Crippen molar-refractivity contribution in [2.45, 2.75) is 87.8 Å². The molecule has 0 aliphatic rings. The van der Waals surface area contributed by atoms with Gasteiger partial charge >= 0.3 is 0 Å². The minimum absolute atomic E-state index is 0.104. The van der Waals surface area contributed by atoms with E-state index in [2.05, 4.69) is 6.92 Å². The molecular formula is C25H37NO5S2. The van der Waals surface area contributed by atoms with Gasteiger partial charge in [0, 0.05) is 0 Å². The Bertz CT molecular complexity index is 1030. The summed E-state index contributed by atoms with van der Waals surface area (Å²) in [4.78, 5) is -0.238. The van der Waals surface area contributed by atoms with E-state index >= 15 is 0 Å². The molecule has 0 bridgehead atoms. The molecule has 0 fully saturated rings. The van der Waals surface area contributed by atoms with Crippen molar-refractivity contribution in [2.24, 2.45) is 0 Å². The number of sulfonamides is 2. The van der Waals surface area contributed by atoms with Crippen molar-refractivity contribution in [1.29, 1.82) is 0 Å². The molecule has 2 rings (SSSR count). The zero-order chi connectivity index (χ0) is 24.2. The molecule has 0 saturated heterocycles. The van der Waals surface area contributed by atoms with E-state index in [0.29, 0.717) is 12.4 Å². The number of rotatable bonds is 16. The summed E-state index contributed by atoms with van der Waals surface area (Å²) in [5.41, 5.74) is 0.880. The quantitative estimate of drug-likeness (QED) is 0.290. The predicted octanol–water partition coefficient (Wildman–Crippen LogP) is 5.96. The Morgan fingerprint density at radius 1 is 0.636 bits per heavy atom. The molecule has 0 radical (unpaired) electrons. The summed E-state index contributed by atoms with van der Waals surface area (Å²) in [6.45, 7) is 4.62. The molecule has 1 N–H and O–H groups in total. The lowest BCUT2D eigenvalue weighted by Gasteiger charge is -2.10. The van der Waals surface area contributed by atoms with Crippen LogP contribution < -0.4 is 8.86 Å². The summed E-state index contributed by atoms with van der Waals surface area (Å²) in [6, 6.07) is 11.8. The molecule has 2 aromatic rings. The second kappa shape index (κ2) is 13.7. The van der Waals surface area contributed by atoms with Gasteiger partial charge in [-0.3, -0.25) is 0 Å². The first kappa shape index (κ1) is 27.3. The summed E-state index contributed by atoms with van der Waals surface area (Å²) in [7, 11) is -8.43. The molecule has 0 spiro atoms. The first-order valence-corrected chi connectivity index (χ1v) is 14.8. The number of hydrogen-bond acceptors (Lipinski definition) is 5. The van der Waals surface area contributed by atoms with Gasteiger partial charge in [-0.2, -0.15) is 0 Å². The summed E-state index contributed by atoms with van der Waals surface area (Å²) in [5.74, 6) is 0.561. The van der Waals surface area contributed by atoms with Crippen LogP contribution in [0, 0.1) is 6.92 Å². The van der Waals surface area contributed by atoms with Crippen LogP contribution in [0.3, 0.4) is 0 Å². The average molecular weight is 496 g/mol. The lowest BCUT2D eigenvalue weighted by atomic mass is 10.1. The van der Waals surface area contributed by atoms with Crippen LogP contribution in [0.2, 0.25) is 0 Å². The van der Waals surface area contributed by atoms with E-state index in [9.17, 15) is 16.8 Å². The van der Waals surface area contributed by atoms with Crippen molar-refractivity contribution < 1.29 is 21.6 Å². The highest BCUT2D eigenvalue weighted by Crippen LogP contribution is 2.19. The first-order chi connectivity index (χ1) is 15.7. The highest BCUT2D eigenvalue weighted by Gasteiger charge is 2.24. The Hall–Kier alpha value is -1.90. The zero-order valence-corrected chi connectivity index (χ0v) is 21.4. The fourth-order valence-electron chi connectivity index (χ4n) is 3.45. The zero-order valence-electron chi connectivity index (χ0n) is 19.8. The van der Waals surface area contributed by atoms with E-state index in [1.165, 1.54) is 75.6 Å². The van der Waals surface area contributed by atoms with Crippen LogP contribution in [-0.2, 0) is 20.0 Å². The molecule has 6 nitrogen and oxygen atoms in total. The maximum atomic E-state index is 12.5. The molecule has 0 unspecified atom stereocenters. The topological polar surface area (TPSA) is 89.5 Å². The number of unbranched alkanes of at least 4 members (excludes halogenated alkanes) is 9. The van der Waals surface area contributed by atoms with Gasteiger partial charge in [0.2, 0.25) is 0 Å². The van der Waals surface area contributed by atoms with Crippen LogP contribution in [0.4, 0.5) is 0 Å². The van der Waals surface area contributed by atoms with Crippen LogP contribution in [-0.4, -0.2) is 23.4 Å². The van der Waals surface area contributed by atoms with E-state index < -0.39 is 20.0 Å². The number of hydrogen-bond donors (Lipinski definition) is 1. The van der Waals surface area contributed by atoms with Gasteiger partial charge in [-0.1, -0.05) is 82.4 Å². The molecule has 0 saturated carbocycles. The van der Waals surface area contributed by atoms with E-state index in [1.54, 1.807) is 28.4 Å². The van der Waals surface area contributed by atoms with Crippen molar-refractivity contribution >= 4 is 20.0 Å². The van der Waals surface area contributed by atoms with Gasteiger partial charge in [0.05, 0.1) is 16.4 Å². The highest BCUT2D eigenvalue weighted by atomic mass is 32.3. The SMILES string of the molecule is CCCCCCCCCCCCOc1ccc(S(=O)(=O)NS(=O)(=O)c2ccc(C)cc2)cc1. The molecule has 184 valence electrons. The molecule has 0 aliphatic heterocycles. The van der Waals surface area contributed by atoms with Crippen molar-refractivity contribution in [3.63, 3.8) is 0 Å². The fraction of sp³-hybridized carbons (Fsp3) is 0.520. The van der Waals surface area contributed by atoms with Crippen molar-refractivity contribution in [2.75, 3.05) is 6.61 Å². The van der Waals surface area contributed by atoms with Gasteiger partial charge < -0.3 is 4.74 Å². The number of benzene rings is 2. The number of aryl methyl sites for hydroxylation is 1. The Kier molecular flexibility index (Phi) is 11.4. The summed E-state index contributed by atoms with van der Waals surface area (Å²) >= 11 is 0. The molecule has 0 atom stereocenters. The predicted molar refractivity (Wildman–Crippen MR) is 132 cm³/mol. The average Bonchev–Trinajstić information content (AvgIpc) is 2.77. The largest absolute Gasteiger partial charge is 0.494 e. The van der Waals surface area contributed by atoms with E-state index in [0.717, 1.165) is 18.4 Å². The Morgan fingerprint density at radius 3 is 1.55 bits per heavy atom. The first-order valence-electron chi connectivity index (χ1n) is 11.8. The van der Waals surface area contributed by atoms with Crippen LogP contribution >= 0.6 is 0 Å². The van der Waals surface area contributed by atoms with E-state index in [1.807, 2.05) is 6.92 Å². The molecule has 0 amide bonds. The molecule has 0 aromatic heterocycles. The molecule has 0 heterocycles. The lowest BCUT2D eigenvalue weighted by molar-refractivity contribution is 0.304. The minimum atomic E-state index is -4.23. The van der Waals surface area contributed by atoms with Crippen LogP contribution in [0.5, 0.6) is 5.75 Å². The number of nitrogens with one attached hydrogen (secondary N) is 1. The van der Waals surface area contributed by atoms with Crippen molar-refractivity contribution in [1.82, 2.24) is 4.13 Å². The maximum absolute atomic E-state index is 12.5. The Labute approximate surface area is 199 Å². The third-order valence-electron chi connectivity index (χ3n) is 5.45. The fourth-order valence-corrected chi connectivity index (χ4v) is 6.37. The molecule has 0 aliphatic carbocycles. The van der Waals surface area contributed by atoms with Gasteiger partial charge in [-0.05, 0) is 49.7 Å². The van der Waals surface area contributed by atoms with Crippen molar-refractivity contribution in [3.05, 3.63) is 54.1 Å². The molecule has 33 heavy (non-hydrogen) atoms.